The third kappa shape index (κ3) is 4.05. The summed E-state index contributed by atoms with van der Waals surface area (Å²) in [5.74, 6) is 0.922. The van der Waals surface area contributed by atoms with Crippen molar-refractivity contribution in [1.29, 1.82) is 0 Å². The fourth-order valence-electron chi connectivity index (χ4n) is 2.10. The molecule has 3 nitrogen and oxygen atoms in total. The molecular weight excluding hydrogens is 268 g/mol. The second-order valence-corrected chi connectivity index (χ2v) is 5.86. The molecule has 1 aromatic heterocycles. The Kier molecular flexibility index (Phi) is 5.56. The fourth-order valence-corrected chi connectivity index (χ4v) is 2.98. The molecule has 0 radical (unpaired) electrons. The summed E-state index contributed by atoms with van der Waals surface area (Å²) < 4.78 is 5.91. The Bertz CT molecular complexity index is 551. The van der Waals surface area contributed by atoms with Crippen LogP contribution in [0.2, 0.25) is 0 Å². The highest BCUT2D eigenvalue weighted by Gasteiger charge is 2.06. The monoisotopic (exact) mass is 290 g/mol. The first-order valence-corrected chi connectivity index (χ1v) is 7.96. The normalized spacial score (nSPS) is 10.8. The predicted octanol–water partition coefficient (Wildman–Crippen LogP) is 3.48. The molecule has 0 amide bonds. The first-order valence-electron chi connectivity index (χ1n) is 7.08. The van der Waals surface area contributed by atoms with Crippen molar-refractivity contribution < 1.29 is 4.74 Å². The number of aromatic nitrogens is 1. The first kappa shape index (κ1) is 15.0. The lowest BCUT2D eigenvalue weighted by Gasteiger charge is -2.11. The summed E-state index contributed by atoms with van der Waals surface area (Å²) in [5.41, 5.74) is 9.08. The van der Waals surface area contributed by atoms with E-state index >= 15 is 0 Å². The van der Waals surface area contributed by atoms with Gasteiger partial charge in [-0.1, -0.05) is 24.6 Å². The zero-order chi connectivity index (χ0) is 14.4. The van der Waals surface area contributed by atoms with Crippen LogP contribution >= 0.6 is 11.3 Å². The third-order valence-electron chi connectivity index (χ3n) is 3.07. The van der Waals surface area contributed by atoms with Crippen molar-refractivity contribution in [3.8, 4) is 5.75 Å². The van der Waals surface area contributed by atoms with E-state index in [0.717, 1.165) is 30.7 Å². The molecule has 2 aromatic rings. The number of aryl methyl sites for hydroxylation is 2. The third-order valence-corrected chi connectivity index (χ3v) is 4.03. The largest absolute Gasteiger partial charge is 0.487 e. The molecule has 0 saturated carbocycles. The number of nitrogens with zero attached hydrogens (tertiary/aromatic N) is 1. The van der Waals surface area contributed by atoms with Crippen molar-refractivity contribution in [3.63, 3.8) is 0 Å². The molecule has 4 heteroatoms. The summed E-state index contributed by atoms with van der Waals surface area (Å²) in [7, 11) is 0. The van der Waals surface area contributed by atoms with E-state index in [-0.39, 0.29) is 0 Å². The number of ether oxygens (including phenoxy) is 1. The van der Waals surface area contributed by atoms with Gasteiger partial charge in [0, 0.05) is 5.38 Å². The van der Waals surface area contributed by atoms with Crippen LogP contribution in [0.3, 0.4) is 0 Å². The number of rotatable bonds is 7. The van der Waals surface area contributed by atoms with Crippen molar-refractivity contribution in [3.05, 3.63) is 45.4 Å². The van der Waals surface area contributed by atoms with Gasteiger partial charge in [-0.25, -0.2) is 4.98 Å². The average Bonchev–Trinajstić information content (AvgIpc) is 2.86. The van der Waals surface area contributed by atoms with E-state index in [1.54, 1.807) is 11.3 Å². The number of benzene rings is 1. The van der Waals surface area contributed by atoms with Crippen molar-refractivity contribution in [2.24, 2.45) is 5.73 Å². The van der Waals surface area contributed by atoms with Gasteiger partial charge < -0.3 is 10.5 Å². The van der Waals surface area contributed by atoms with Crippen molar-refractivity contribution >= 4 is 11.3 Å². The van der Waals surface area contributed by atoms with Gasteiger partial charge in [-0.15, -0.1) is 11.3 Å². The molecule has 1 heterocycles. The summed E-state index contributed by atoms with van der Waals surface area (Å²) in [6.45, 7) is 5.42. The molecule has 0 atom stereocenters. The van der Waals surface area contributed by atoms with E-state index in [2.05, 4.69) is 36.3 Å². The van der Waals surface area contributed by atoms with Gasteiger partial charge in [0.1, 0.15) is 12.4 Å². The Morgan fingerprint density at radius 3 is 2.90 bits per heavy atom. The zero-order valence-electron chi connectivity index (χ0n) is 12.2. The number of nitrogens with two attached hydrogens (primary N) is 1. The first-order chi connectivity index (χ1) is 9.72. The predicted molar refractivity (Wildman–Crippen MR) is 84.4 cm³/mol. The zero-order valence-corrected chi connectivity index (χ0v) is 13.0. The number of hydrogen-bond donors (Lipinski definition) is 1. The van der Waals surface area contributed by atoms with Gasteiger partial charge in [0.05, 0.1) is 10.7 Å². The van der Waals surface area contributed by atoms with E-state index in [1.807, 2.05) is 6.07 Å². The van der Waals surface area contributed by atoms with Gasteiger partial charge in [0.2, 0.25) is 0 Å². The molecule has 0 unspecified atom stereocenters. The van der Waals surface area contributed by atoms with E-state index in [0.29, 0.717) is 13.2 Å². The highest BCUT2D eigenvalue weighted by molar-refractivity contribution is 7.09. The van der Waals surface area contributed by atoms with Crippen molar-refractivity contribution in [2.45, 2.75) is 39.7 Å². The lowest BCUT2D eigenvalue weighted by atomic mass is 10.1. The minimum atomic E-state index is 0.529. The number of thiazole rings is 1. The maximum absolute atomic E-state index is 5.91. The molecule has 0 bridgehead atoms. The summed E-state index contributed by atoms with van der Waals surface area (Å²) >= 11 is 1.72. The van der Waals surface area contributed by atoms with Crippen LogP contribution in [0, 0.1) is 6.92 Å². The molecule has 0 spiro atoms. The summed E-state index contributed by atoms with van der Waals surface area (Å²) in [5, 5.41) is 3.28. The molecule has 20 heavy (non-hydrogen) atoms. The molecular formula is C16H22N2OS. The van der Waals surface area contributed by atoms with Gasteiger partial charge in [-0.05, 0) is 44.4 Å². The van der Waals surface area contributed by atoms with Crippen molar-refractivity contribution in [1.82, 2.24) is 4.98 Å². The molecule has 0 aliphatic heterocycles. The van der Waals surface area contributed by atoms with Crippen LogP contribution in [0.4, 0.5) is 0 Å². The smallest absolute Gasteiger partial charge is 0.131 e. The molecule has 1 aromatic carbocycles. The summed E-state index contributed by atoms with van der Waals surface area (Å²) in [4.78, 5) is 4.58. The summed E-state index contributed by atoms with van der Waals surface area (Å²) in [6, 6.07) is 6.24. The Balaban J connectivity index is 2.02. The Morgan fingerprint density at radius 1 is 1.30 bits per heavy atom. The van der Waals surface area contributed by atoms with Crippen LogP contribution in [-0.4, -0.2) is 11.5 Å². The molecule has 0 saturated heterocycles. The second-order valence-electron chi connectivity index (χ2n) is 4.92. The molecule has 108 valence electrons. The lowest BCUT2D eigenvalue weighted by molar-refractivity contribution is 0.298. The molecule has 0 fully saturated rings. The van der Waals surface area contributed by atoms with Gasteiger partial charge in [-0.2, -0.15) is 0 Å². The van der Waals surface area contributed by atoms with E-state index in [9.17, 15) is 0 Å². The van der Waals surface area contributed by atoms with E-state index in [4.69, 9.17) is 10.5 Å². The van der Waals surface area contributed by atoms with Crippen LogP contribution in [-0.2, 0) is 19.4 Å². The second kappa shape index (κ2) is 7.41. The molecule has 0 aliphatic rings. The fraction of sp³-hybridized carbons (Fsp3) is 0.438. The topological polar surface area (TPSA) is 48.1 Å². The highest BCUT2D eigenvalue weighted by Crippen LogP contribution is 2.22. The van der Waals surface area contributed by atoms with Crippen LogP contribution < -0.4 is 10.5 Å². The van der Waals surface area contributed by atoms with Gasteiger partial charge in [0.25, 0.3) is 0 Å². The van der Waals surface area contributed by atoms with Gasteiger partial charge in [-0.3, -0.25) is 0 Å². The van der Waals surface area contributed by atoms with Crippen molar-refractivity contribution in [2.75, 3.05) is 6.54 Å². The minimum Gasteiger partial charge on any atom is -0.487 e. The standard InChI is InChI=1S/C16H22N2OS/c1-3-4-16-18-14(11-20-16)10-19-15-6-5-12(2)9-13(15)7-8-17/h5-6,9,11H,3-4,7-8,10,17H2,1-2H3. The minimum absolute atomic E-state index is 0.529. The van der Waals surface area contributed by atoms with Crippen LogP contribution in [0.15, 0.2) is 23.6 Å². The van der Waals surface area contributed by atoms with Gasteiger partial charge >= 0.3 is 0 Å². The maximum atomic E-state index is 5.91. The highest BCUT2D eigenvalue weighted by atomic mass is 32.1. The Morgan fingerprint density at radius 2 is 2.15 bits per heavy atom. The maximum Gasteiger partial charge on any atom is 0.131 e. The molecule has 2 rings (SSSR count). The van der Waals surface area contributed by atoms with Crippen LogP contribution in [0.25, 0.3) is 0 Å². The Hall–Kier alpha value is -1.39. The average molecular weight is 290 g/mol. The lowest BCUT2D eigenvalue weighted by Crippen LogP contribution is -2.06. The Labute approximate surface area is 124 Å². The van der Waals surface area contributed by atoms with Crippen LogP contribution in [0.5, 0.6) is 5.75 Å². The quantitative estimate of drug-likeness (QED) is 0.849. The van der Waals surface area contributed by atoms with Gasteiger partial charge in [0.15, 0.2) is 0 Å². The molecule has 2 N–H and O–H groups in total. The molecule has 0 aliphatic carbocycles. The SMILES string of the molecule is CCCc1nc(COc2ccc(C)cc2CCN)cs1. The van der Waals surface area contributed by atoms with E-state index in [1.165, 1.54) is 16.1 Å². The summed E-state index contributed by atoms with van der Waals surface area (Å²) in [6.07, 6.45) is 3.02. The number of hydrogen-bond acceptors (Lipinski definition) is 4. The van der Waals surface area contributed by atoms with Crippen LogP contribution in [0.1, 0.15) is 35.2 Å². The van der Waals surface area contributed by atoms with E-state index < -0.39 is 0 Å².